The van der Waals surface area contributed by atoms with Crippen LogP contribution in [0, 0.1) is 6.92 Å². The van der Waals surface area contributed by atoms with E-state index in [2.05, 4.69) is 57.2 Å². The first-order valence-electron chi connectivity index (χ1n) is 10.3. The van der Waals surface area contributed by atoms with E-state index in [4.69, 9.17) is 4.74 Å². The minimum absolute atomic E-state index is 0.171. The fourth-order valence-electron chi connectivity index (χ4n) is 3.52. The number of hydrogen-bond donors (Lipinski definition) is 2. The zero-order valence-electron chi connectivity index (χ0n) is 17.9. The van der Waals surface area contributed by atoms with Crippen LogP contribution >= 0.6 is 23.1 Å². The number of nitrogens with zero attached hydrogens (tertiary/aromatic N) is 2. The lowest BCUT2D eigenvalue weighted by Gasteiger charge is -2.23. The molecule has 0 saturated heterocycles. The van der Waals surface area contributed by atoms with Gasteiger partial charge in [-0.3, -0.25) is 9.59 Å². The smallest absolute Gasteiger partial charge is 0.265 e. The predicted molar refractivity (Wildman–Crippen MR) is 132 cm³/mol. The van der Waals surface area contributed by atoms with Crippen LogP contribution in [0.15, 0.2) is 59.2 Å². The first kappa shape index (κ1) is 21.4. The van der Waals surface area contributed by atoms with Crippen LogP contribution in [-0.4, -0.2) is 33.6 Å². The zero-order chi connectivity index (χ0) is 22.9. The molecule has 0 saturated carbocycles. The molecule has 0 fully saturated rings. The number of ether oxygens (including phenoxy) is 1. The largest absolute Gasteiger partial charge is 0.479 e. The molecular weight excluding hydrogens is 456 g/mol. The summed E-state index contributed by atoms with van der Waals surface area (Å²) in [5.74, 6) is 0.385. The van der Waals surface area contributed by atoms with Crippen LogP contribution in [0.3, 0.4) is 0 Å². The van der Waals surface area contributed by atoms with Gasteiger partial charge < -0.3 is 15.4 Å². The molecule has 3 heterocycles. The van der Waals surface area contributed by atoms with Crippen LogP contribution in [0.5, 0.6) is 5.75 Å². The van der Waals surface area contributed by atoms with E-state index in [0.29, 0.717) is 17.1 Å². The lowest BCUT2D eigenvalue weighted by molar-refractivity contribution is -0.122. The Kier molecular flexibility index (Phi) is 5.74. The van der Waals surface area contributed by atoms with Crippen molar-refractivity contribution in [1.29, 1.82) is 0 Å². The summed E-state index contributed by atoms with van der Waals surface area (Å²) in [6, 6.07) is 13.5. The summed E-state index contributed by atoms with van der Waals surface area (Å²) in [5.41, 5.74) is 4.49. The maximum atomic E-state index is 12.6. The second-order valence-corrected chi connectivity index (χ2v) is 9.49. The average Bonchev–Trinajstić information content (AvgIpc) is 3.24. The van der Waals surface area contributed by atoms with Crippen molar-refractivity contribution < 1.29 is 14.3 Å². The number of benzene rings is 2. The highest BCUT2D eigenvalue weighted by atomic mass is 32.2. The van der Waals surface area contributed by atoms with Crippen molar-refractivity contribution >= 4 is 56.5 Å². The lowest BCUT2D eigenvalue weighted by atomic mass is 10.1. The first-order valence-corrected chi connectivity index (χ1v) is 12.2. The third-order valence-corrected chi connectivity index (χ3v) is 7.11. The number of amides is 2. The summed E-state index contributed by atoms with van der Waals surface area (Å²) in [6.07, 6.45) is 0.992. The Morgan fingerprint density at radius 1 is 1.21 bits per heavy atom. The molecule has 0 aliphatic carbocycles. The Morgan fingerprint density at radius 2 is 2.03 bits per heavy atom. The molecule has 9 heteroatoms. The van der Waals surface area contributed by atoms with Crippen molar-refractivity contribution in [2.45, 2.75) is 25.0 Å². The minimum atomic E-state index is -0.541. The van der Waals surface area contributed by atoms with Crippen LogP contribution in [0.4, 0.5) is 11.4 Å². The first-order chi connectivity index (χ1) is 16.0. The van der Waals surface area contributed by atoms with E-state index in [9.17, 15) is 9.59 Å². The van der Waals surface area contributed by atoms with Crippen molar-refractivity contribution in [3.05, 3.63) is 59.7 Å². The van der Waals surface area contributed by atoms with Gasteiger partial charge in [0.05, 0.1) is 16.8 Å². The van der Waals surface area contributed by atoms with Crippen LogP contribution in [0.2, 0.25) is 0 Å². The Labute approximate surface area is 198 Å². The topological polar surface area (TPSA) is 93.2 Å². The fourth-order valence-corrected chi connectivity index (χ4v) is 5.31. The van der Waals surface area contributed by atoms with E-state index >= 15 is 0 Å². The van der Waals surface area contributed by atoms with Crippen molar-refractivity contribution in [3.63, 3.8) is 0 Å². The molecule has 1 aliphatic heterocycles. The monoisotopic (exact) mass is 476 g/mol. The highest BCUT2D eigenvalue weighted by Crippen LogP contribution is 2.38. The molecular formula is C24H20N4O3S2. The molecule has 0 unspecified atom stereocenters. The van der Waals surface area contributed by atoms with Crippen LogP contribution < -0.4 is 15.4 Å². The molecule has 2 N–H and O–H groups in total. The van der Waals surface area contributed by atoms with Gasteiger partial charge in [-0.15, -0.1) is 11.3 Å². The molecule has 33 heavy (non-hydrogen) atoms. The lowest BCUT2D eigenvalue weighted by Crippen LogP contribution is -2.34. The van der Waals surface area contributed by atoms with Gasteiger partial charge in [0.25, 0.3) is 5.91 Å². The quantitative estimate of drug-likeness (QED) is 0.307. The molecule has 2 amide bonds. The molecule has 4 aromatic rings. The third kappa shape index (κ3) is 4.42. The SMILES string of the molecule is Cc1ccc(-c2csc3ncnc(SCC(=O)Nc4ccc5c(c4)NC(=O)[C@H](C)O5)c23)cc1. The van der Waals surface area contributed by atoms with Crippen molar-refractivity contribution in [3.8, 4) is 16.9 Å². The van der Waals surface area contributed by atoms with Gasteiger partial charge in [0.1, 0.15) is 21.9 Å². The number of rotatable bonds is 5. The summed E-state index contributed by atoms with van der Waals surface area (Å²) in [5, 5.41) is 9.48. The summed E-state index contributed by atoms with van der Waals surface area (Å²) < 4.78 is 5.55. The number of hydrogen-bond acceptors (Lipinski definition) is 7. The van der Waals surface area contributed by atoms with Gasteiger partial charge >= 0.3 is 0 Å². The Balaban J connectivity index is 1.32. The van der Waals surface area contributed by atoms with E-state index in [0.717, 1.165) is 26.4 Å². The molecule has 0 spiro atoms. The maximum Gasteiger partial charge on any atom is 0.265 e. The van der Waals surface area contributed by atoms with Gasteiger partial charge in [-0.05, 0) is 37.6 Å². The number of aromatic nitrogens is 2. The van der Waals surface area contributed by atoms with Crippen LogP contribution in [0.25, 0.3) is 21.3 Å². The number of thiophene rings is 1. The van der Waals surface area contributed by atoms with Gasteiger partial charge in [0, 0.05) is 16.6 Å². The van der Waals surface area contributed by atoms with E-state index in [1.165, 1.54) is 23.7 Å². The molecule has 2 aromatic carbocycles. The van der Waals surface area contributed by atoms with Crippen LogP contribution in [0.1, 0.15) is 12.5 Å². The second kappa shape index (κ2) is 8.84. The van der Waals surface area contributed by atoms with Crippen LogP contribution in [-0.2, 0) is 9.59 Å². The third-order valence-electron chi connectivity index (χ3n) is 5.23. The maximum absolute atomic E-state index is 12.6. The predicted octanol–water partition coefficient (Wildman–Crippen LogP) is 5.12. The Morgan fingerprint density at radius 3 is 2.85 bits per heavy atom. The van der Waals surface area contributed by atoms with Gasteiger partial charge in [0.15, 0.2) is 6.10 Å². The van der Waals surface area contributed by atoms with Crippen molar-refractivity contribution in [2.24, 2.45) is 0 Å². The highest BCUT2D eigenvalue weighted by Gasteiger charge is 2.23. The number of carbonyl (C=O) groups excluding carboxylic acids is 2. The molecule has 1 aliphatic rings. The Bertz CT molecular complexity index is 1370. The van der Waals surface area contributed by atoms with Crippen molar-refractivity contribution in [1.82, 2.24) is 9.97 Å². The normalized spacial score (nSPS) is 15.0. The summed E-state index contributed by atoms with van der Waals surface area (Å²) in [6.45, 7) is 3.75. The number of anilines is 2. The number of nitrogens with one attached hydrogen (secondary N) is 2. The summed E-state index contributed by atoms with van der Waals surface area (Å²) >= 11 is 2.94. The Hall–Kier alpha value is -3.43. The van der Waals surface area contributed by atoms with Gasteiger partial charge in [-0.2, -0.15) is 0 Å². The highest BCUT2D eigenvalue weighted by molar-refractivity contribution is 8.00. The van der Waals surface area contributed by atoms with E-state index < -0.39 is 6.10 Å². The number of aryl methyl sites for hydroxylation is 1. The molecule has 166 valence electrons. The molecule has 7 nitrogen and oxygen atoms in total. The van der Waals surface area contributed by atoms with E-state index in [-0.39, 0.29) is 17.6 Å². The summed E-state index contributed by atoms with van der Waals surface area (Å²) in [7, 11) is 0. The number of thioether (sulfide) groups is 1. The van der Waals surface area contributed by atoms with Gasteiger partial charge in [-0.25, -0.2) is 9.97 Å². The van der Waals surface area contributed by atoms with Crippen molar-refractivity contribution in [2.75, 3.05) is 16.4 Å². The standard InChI is InChI=1S/C24H20N4O3S2/c1-13-3-5-15(6-4-13)17-10-32-23-21(17)24(26-12-25-23)33-11-20(29)27-16-7-8-19-18(9-16)28-22(30)14(2)31-19/h3-10,12,14H,11H2,1-2H3,(H,27,29)(H,28,30)/t14-/m0/s1. The van der Waals surface area contributed by atoms with E-state index in [1.807, 2.05) is 0 Å². The fraction of sp³-hybridized carbons (Fsp3) is 0.167. The molecule has 1 atom stereocenters. The average molecular weight is 477 g/mol. The van der Waals surface area contributed by atoms with Gasteiger partial charge in [0.2, 0.25) is 5.91 Å². The molecule has 2 aromatic heterocycles. The second-order valence-electron chi connectivity index (χ2n) is 7.67. The zero-order valence-corrected chi connectivity index (χ0v) is 19.5. The molecule has 5 rings (SSSR count). The minimum Gasteiger partial charge on any atom is -0.479 e. The number of carbonyl (C=O) groups is 2. The summed E-state index contributed by atoms with van der Waals surface area (Å²) in [4.78, 5) is 34.2. The van der Waals surface area contributed by atoms with Gasteiger partial charge in [-0.1, -0.05) is 41.6 Å². The molecule has 0 radical (unpaired) electrons. The number of fused-ring (bicyclic) bond motifs is 2. The van der Waals surface area contributed by atoms with E-state index in [1.54, 1.807) is 36.5 Å². The molecule has 0 bridgehead atoms.